The van der Waals surface area contributed by atoms with Crippen LogP contribution in [0, 0.1) is 0 Å². The molecule has 27 N–H and O–H groups in total. The number of phenols is 26. The fourth-order valence-corrected chi connectivity index (χ4v) is 16.6. The molecule has 2 bridgehead atoms. The van der Waals surface area contributed by atoms with Gasteiger partial charge in [0.1, 0.15) is 12.7 Å². The fourth-order valence-electron chi connectivity index (χ4n) is 16.6. The van der Waals surface area contributed by atoms with Gasteiger partial charge in [0.05, 0.1) is 66.7 Å². The van der Waals surface area contributed by atoms with Crippen molar-refractivity contribution in [2.24, 2.45) is 0 Å². The summed E-state index contributed by atoms with van der Waals surface area (Å²) in [6.07, 6.45) is -11.7. The number of likely N-dealkylation sites (tertiary alicyclic amines) is 1. The van der Waals surface area contributed by atoms with E-state index in [1.165, 1.54) is 0 Å². The lowest BCUT2D eigenvalue weighted by Gasteiger charge is -2.62. The maximum Gasteiger partial charge on any atom is 0.343 e. The van der Waals surface area contributed by atoms with Gasteiger partial charge in [-0.2, -0.15) is 0 Å². The molecule has 3 fully saturated rings. The lowest BCUT2D eigenvalue weighted by Crippen LogP contribution is -2.76. The van der Waals surface area contributed by atoms with E-state index in [1.54, 1.807) is 6.07 Å². The van der Waals surface area contributed by atoms with Crippen molar-refractivity contribution in [1.82, 2.24) is 4.90 Å². The molecule has 51 nitrogen and oxygen atoms in total. The topological polar surface area (TPSA) is 848 Å². The van der Waals surface area contributed by atoms with Gasteiger partial charge in [0.25, 0.3) is 0 Å². The van der Waals surface area contributed by atoms with E-state index >= 15 is 14.4 Å². The van der Waals surface area contributed by atoms with Crippen LogP contribution in [0.3, 0.4) is 0 Å². The Morgan fingerprint density at radius 1 is 0.342 bits per heavy atom. The molecule has 9 atom stereocenters. The van der Waals surface area contributed by atoms with E-state index in [-0.39, 0.29) is 17.6 Å². The molecule has 51 heteroatoms. The minimum Gasteiger partial charge on any atom is -0.504 e. The monoisotopic (exact) mass is 2030 g/mol. The Labute approximate surface area is 810 Å². The number of nitrogens with zero attached hydrogens (tertiary/aromatic N) is 1. The molecule has 758 valence electrons. The number of aromatic hydroxyl groups is 26. The van der Waals surface area contributed by atoms with Crippen molar-refractivity contribution >= 4 is 65.5 Å². The van der Waals surface area contributed by atoms with Crippen LogP contribution < -0.4 is 28.4 Å². The zero-order valence-corrected chi connectivity index (χ0v) is 73.4. The Hall–Kier alpha value is -20.0. The van der Waals surface area contributed by atoms with Crippen LogP contribution in [0.4, 0.5) is 0 Å². The number of carbonyl (C=O) groups excluding carboxylic acids is 11. The highest BCUT2D eigenvalue weighted by atomic mass is 16.8. The third-order valence-electron chi connectivity index (χ3n) is 23.6. The summed E-state index contributed by atoms with van der Waals surface area (Å²) in [4.78, 5) is 157. The summed E-state index contributed by atoms with van der Waals surface area (Å²) in [5.41, 5.74) is -9.63. The zero-order chi connectivity index (χ0) is 106. The number of ether oxygens (including phenoxy) is 12. The quantitative estimate of drug-likeness (QED) is 0.0112. The summed E-state index contributed by atoms with van der Waals surface area (Å²) in [6, 6.07) is 12.1. The number of benzene rings is 11. The van der Waals surface area contributed by atoms with Crippen molar-refractivity contribution in [2.75, 3.05) is 19.7 Å². The fraction of sp³-hybridized carbons (Fsp3) is 0.168. The lowest BCUT2D eigenvalue weighted by molar-refractivity contribution is -0.282. The van der Waals surface area contributed by atoms with Crippen molar-refractivity contribution in [1.29, 1.82) is 0 Å². The summed E-state index contributed by atoms with van der Waals surface area (Å²) in [6.45, 7) is 3.65. The van der Waals surface area contributed by atoms with Crippen LogP contribution in [0.5, 0.6) is 184 Å². The van der Waals surface area contributed by atoms with E-state index in [4.69, 9.17) is 56.8 Å². The molecule has 3 heterocycles. The van der Waals surface area contributed by atoms with Crippen molar-refractivity contribution in [3.05, 3.63) is 213 Å². The Morgan fingerprint density at radius 2 is 0.623 bits per heavy atom. The first kappa shape index (κ1) is 100. The van der Waals surface area contributed by atoms with E-state index in [1.807, 2.05) is 12.1 Å². The minimum atomic E-state index is -3.12. The van der Waals surface area contributed by atoms with Crippen LogP contribution in [0.1, 0.15) is 134 Å². The van der Waals surface area contributed by atoms with Crippen molar-refractivity contribution in [2.45, 2.75) is 79.6 Å². The molecule has 2 saturated heterocycles. The maximum atomic E-state index is 15.3. The molecule has 1 saturated carbocycles. The van der Waals surface area contributed by atoms with Crippen LogP contribution in [0.15, 0.2) is 146 Å². The van der Waals surface area contributed by atoms with Gasteiger partial charge in [-0.1, -0.05) is 12.1 Å². The molecular weight excluding hydrogens is 1960 g/mol. The molecule has 1 spiro atoms. The number of rotatable bonds is 23. The molecule has 0 radical (unpaired) electrons. The van der Waals surface area contributed by atoms with E-state index in [9.17, 15) is 176 Å². The van der Waals surface area contributed by atoms with Crippen LogP contribution in [-0.2, 0) is 45.1 Å². The first-order valence-corrected chi connectivity index (χ1v) is 41.8. The third-order valence-corrected chi connectivity index (χ3v) is 23.6. The van der Waals surface area contributed by atoms with Crippen LogP contribution in [0.25, 0.3) is 0 Å². The number of Topliss-reactive ketones (excluding diaryl/α,β-unsaturated/α-hetero) is 1. The molecule has 0 aromatic heterocycles. The van der Waals surface area contributed by atoms with Gasteiger partial charge in [0.15, 0.2) is 179 Å². The molecule has 3 aliphatic heterocycles. The third kappa shape index (κ3) is 18.8. The van der Waals surface area contributed by atoms with E-state index in [0.29, 0.717) is 153 Å². The van der Waals surface area contributed by atoms with Gasteiger partial charge in [-0.3, -0.25) is 9.69 Å². The van der Waals surface area contributed by atoms with Crippen LogP contribution >= 0.6 is 0 Å². The van der Waals surface area contributed by atoms with Gasteiger partial charge in [-0.15, -0.1) is 6.58 Å². The predicted octanol–water partition coefficient (Wildman–Crippen LogP) is 6.14. The minimum absolute atomic E-state index is 0.0408. The summed E-state index contributed by atoms with van der Waals surface area (Å²) in [5.74, 6) is -55.4. The Bertz CT molecular complexity index is 7270. The second-order valence-electron chi connectivity index (χ2n) is 32.7. The lowest BCUT2D eigenvalue weighted by atomic mass is 9.49. The molecule has 11 aromatic rings. The largest absolute Gasteiger partial charge is 0.504 e. The number of hydrogen-bond donors (Lipinski definition) is 27. The van der Waals surface area contributed by atoms with Gasteiger partial charge in [-0.25, -0.2) is 47.9 Å². The van der Waals surface area contributed by atoms with Gasteiger partial charge >= 0.3 is 59.7 Å². The SMILES string of the molecule is C=CCN1CC[C@]23c4c5ccc(O)c4O[C@H]2C(=O)CC[C@@]3(O)[C@H]1C5.O=C(OC[C@H]1O[C@@H](OC(=O)c2cc(O)c(O)c(OC(=O)c3cc(O)c(O)c(O)c3)c2)[C@H](OC(=O)c2cc(O)c(O)c(OC(=O)c3cc(O)c(O)c(O)c3)c2)[C@@H](OC(=O)c2cc(O)c(O)c(OC(=O)c3cc(O)c(O)c(O)c3)c2)[C@@H]1OC(=O)c1cc(O)c(O)c(OC(=O)c2cc(O)c(O)c(O)c2)c1)c1cc(O)c(O)c(OC(=O)c2cc(O)c(O)c(O)c2)c1. The molecule has 146 heavy (non-hydrogen) atoms. The number of aliphatic hydroxyl groups is 1. The van der Waals surface area contributed by atoms with Gasteiger partial charge < -0.3 is 195 Å². The molecule has 11 aromatic carbocycles. The van der Waals surface area contributed by atoms with Crippen molar-refractivity contribution in [3.63, 3.8) is 0 Å². The first-order valence-electron chi connectivity index (χ1n) is 41.8. The highest BCUT2D eigenvalue weighted by Gasteiger charge is 2.73. The second kappa shape index (κ2) is 38.7. The van der Waals surface area contributed by atoms with E-state index in [2.05, 4.69) is 11.5 Å². The molecule has 16 rings (SSSR count). The number of hydrogen-bond acceptors (Lipinski definition) is 51. The van der Waals surface area contributed by atoms with Crippen molar-refractivity contribution in [3.8, 4) is 184 Å². The summed E-state index contributed by atoms with van der Waals surface area (Å²) < 4.78 is 66.4. The average Bonchev–Trinajstić information content (AvgIpc) is 1.47. The number of phenolic OH excluding ortho intramolecular Hbond substituents is 26. The normalized spacial score (nSPS) is 18.7. The standard InChI is InChI=1S/C76H52O46.C19H21NO4/c77-32-1-22(2-33(78)53(32)92)67(103)113-47-16-27(11-42(87)58(47)97)66(102)112-21-52-63(119-72(108)28-12-43(88)59(98)48(17-28)114-68(104)23-3-34(79)54(93)35(80)4-23)64(120-73(109)29-13-44(89)60(99)49(18-29)115-69(105)24-5-36(81)55(94)37(82)6-24)65(121-74(110)30-14-45(90)61(100)50(19-30)116-70(106)25-7-38(83)56(95)39(84)8-25)76(118-52)122-75(111)31-15-46(91)62(101)51(20-31)117-71(107)26-9-40(85)57(96)41(86)10-26;1-2-8-20-9-7-18-15-11-3-4-12(21)16(15)24-17(18)13(22)5-6-19(18,23)14(20)10-11/h1-20,52,63-65,76-101H,21H2;2-4,14,17,21,23H,1,5-10H2/t52-,63-,64+,65-,76+;14-,17+,18+,19-/m11/s1. The summed E-state index contributed by atoms with van der Waals surface area (Å²) in [5, 5.41) is 283. The zero-order valence-electron chi connectivity index (χ0n) is 73.4. The number of ketones is 1. The number of esters is 10. The molecule has 0 amide bonds. The Balaban J connectivity index is 0.000000573. The number of piperidine rings is 1. The highest BCUT2D eigenvalue weighted by Crippen LogP contribution is 2.65. The summed E-state index contributed by atoms with van der Waals surface area (Å²) >= 11 is 0. The first-order chi connectivity index (χ1) is 68.9. The molecule has 5 aliphatic rings. The smallest absolute Gasteiger partial charge is 0.343 e. The second-order valence-corrected chi connectivity index (χ2v) is 32.7. The maximum absolute atomic E-state index is 15.3. The van der Waals surface area contributed by atoms with Crippen LogP contribution in [-0.4, -0.2) is 276 Å². The number of carbonyl (C=O) groups is 11. The van der Waals surface area contributed by atoms with Crippen molar-refractivity contribution < 1.29 is 247 Å². The van der Waals surface area contributed by atoms with Gasteiger partial charge in [0.2, 0.25) is 41.1 Å². The Morgan fingerprint density at radius 3 is 0.938 bits per heavy atom. The van der Waals surface area contributed by atoms with Gasteiger partial charge in [0, 0.05) is 31.1 Å². The molecule has 2 aliphatic carbocycles. The average molecular weight is 2030 g/mol. The van der Waals surface area contributed by atoms with Gasteiger partial charge in [-0.05, 0) is 152 Å². The van der Waals surface area contributed by atoms with Crippen LogP contribution in [0.2, 0.25) is 0 Å². The molecular formula is C95H73NO50. The van der Waals surface area contributed by atoms with E-state index in [0.717, 1.165) is 24.2 Å². The van der Waals surface area contributed by atoms with E-state index < -0.39 is 342 Å². The predicted molar refractivity (Wildman–Crippen MR) is 470 cm³/mol. The Kier molecular flexibility index (Phi) is 26.6. The molecule has 0 unspecified atom stereocenters. The highest BCUT2D eigenvalue weighted by molar-refractivity contribution is 6.01. The summed E-state index contributed by atoms with van der Waals surface area (Å²) in [7, 11) is 0.